The van der Waals surface area contributed by atoms with Crippen molar-refractivity contribution in [2.45, 2.75) is 11.5 Å². The first-order chi connectivity index (χ1) is 13.3. The van der Waals surface area contributed by atoms with Gasteiger partial charge in [-0.2, -0.15) is 0 Å². The molecule has 1 heterocycles. The lowest BCUT2D eigenvalue weighted by Crippen LogP contribution is -2.48. The highest BCUT2D eigenvalue weighted by Gasteiger charge is 2.56. The van der Waals surface area contributed by atoms with Gasteiger partial charge in [0.15, 0.2) is 0 Å². The van der Waals surface area contributed by atoms with Crippen LogP contribution in [0, 0.1) is 5.92 Å². The predicted molar refractivity (Wildman–Crippen MR) is 112 cm³/mol. The van der Waals surface area contributed by atoms with Gasteiger partial charge in [-0.25, -0.2) is 0 Å². The second-order valence-electron chi connectivity index (χ2n) is 7.40. The van der Waals surface area contributed by atoms with E-state index in [1.54, 1.807) is 0 Å². The lowest BCUT2D eigenvalue weighted by Gasteiger charge is -2.48. The minimum Gasteiger partial charge on any atom is -0.484 e. The Balaban J connectivity index is 1.79. The van der Waals surface area contributed by atoms with E-state index in [4.69, 9.17) is 4.74 Å². The number of benzene rings is 3. The number of halogens is 1. The normalized spacial score (nSPS) is 22.9. The van der Waals surface area contributed by atoms with E-state index in [1.165, 1.54) is 27.8 Å². The van der Waals surface area contributed by atoms with Gasteiger partial charge in [0.05, 0.1) is 5.41 Å². The standard InChI is InChI=1S/C25H17BrO/c26-22-14-7-13-21-24(22)27-23-15-6-5-12-20(23)25(21)18-10-3-1-8-16(18)17-9-2-4-11-19(17)25/h1-15,21,24H. The number of allylic oxidation sites excluding steroid dienone is 2. The zero-order valence-electron chi connectivity index (χ0n) is 14.6. The van der Waals surface area contributed by atoms with Crippen LogP contribution in [0.3, 0.4) is 0 Å². The Hall–Kier alpha value is -2.58. The maximum absolute atomic E-state index is 6.50. The van der Waals surface area contributed by atoms with Crippen molar-refractivity contribution in [1.82, 2.24) is 0 Å². The van der Waals surface area contributed by atoms with E-state index in [2.05, 4.69) is 107 Å². The third-order valence-corrected chi connectivity index (χ3v) is 6.95. The average molecular weight is 413 g/mol. The van der Waals surface area contributed by atoms with Gasteiger partial charge in [-0.15, -0.1) is 0 Å². The monoisotopic (exact) mass is 412 g/mol. The SMILES string of the molecule is BrC1=CC=CC2C1Oc1ccccc1C21c2ccccc2-c2ccccc21. The van der Waals surface area contributed by atoms with E-state index in [9.17, 15) is 0 Å². The van der Waals surface area contributed by atoms with Gasteiger partial charge >= 0.3 is 0 Å². The second kappa shape index (κ2) is 5.46. The third kappa shape index (κ3) is 1.84. The van der Waals surface area contributed by atoms with Gasteiger partial charge in [-0.3, -0.25) is 0 Å². The summed E-state index contributed by atoms with van der Waals surface area (Å²) < 4.78 is 7.60. The summed E-state index contributed by atoms with van der Waals surface area (Å²) in [5.41, 5.74) is 6.45. The number of hydrogen-bond acceptors (Lipinski definition) is 1. The topological polar surface area (TPSA) is 9.23 Å². The molecule has 0 saturated carbocycles. The second-order valence-corrected chi connectivity index (χ2v) is 8.31. The van der Waals surface area contributed by atoms with E-state index >= 15 is 0 Å². The Labute approximate surface area is 167 Å². The molecular weight excluding hydrogens is 396 g/mol. The Morgan fingerprint density at radius 2 is 1.33 bits per heavy atom. The molecule has 2 aliphatic carbocycles. The van der Waals surface area contributed by atoms with Crippen molar-refractivity contribution in [3.63, 3.8) is 0 Å². The molecule has 0 saturated heterocycles. The first-order valence-corrected chi connectivity index (χ1v) is 10.1. The molecule has 0 aromatic heterocycles. The van der Waals surface area contributed by atoms with Crippen LogP contribution < -0.4 is 4.74 Å². The number of fused-ring (bicyclic) bond motifs is 9. The molecule has 2 unspecified atom stereocenters. The fourth-order valence-electron chi connectivity index (χ4n) is 5.27. The zero-order chi connectivity index (χ0) is 18.0. The summed E-state index contributed by atoms with van der Waals surface area (Å²) in [5.74, 6) is 1.17. The quantitative estimate of drug-likeness (QED) is 0.425. The first-order valence-electron chi connectivity index (χ1n) is 9.31. The minimum atomic E-state index is -0.240. The molecule has 3 aliphatic rings. The molecule has 27 heavy (non-hydrogen) atoms. The van der Waals surface area contributed by atoms with Crippen LogP contribution in [0.25, 0.3) is 11.1 Å². The lowest BCUT2D eigenvalue weighted by atomic mass is 9.60. The Morgan fingerprint density at radius 1 is 0.741 bits per heavy atom. The van der Waals surface area contributed by atoms with Crippen LogP contribution in [0.1, 0.15) is 16.7 Å². The number of para-hydroxylation sites is 1. The molecule has 2 heteroatoms. The Kier molecular flexibility index (Phi) is 3.13. The maximum atomic E-state index is 6.50. The van der Waals surface area contributed by atoms with Gasteiger partial charge in [0.25, 0.3) is 0 Å². The van der Waals surface area contributed by atoms with E-state index < -0.39 is 0 Å². The molecule has 3 aromatic rings. The number of ether oxygens (including phenoxy) is 1. The van der Waals surface area contributed by atoms with E-state index in [1.807, 2.05) is 0 Å². The molecule has 0 bridgehead atoms. The van der Waals surface area contributed by atoms with Gasteiger partial charge in [0.1, 0.15) is 11.9 Å². The fraction of sp³-hybridized carbons (Fsp3) is 0.120. The predicted octanol–water partition coefficient (Wildman–Crippen LogP) is 6.23. The summed E-state index contributed by atoms with van der Waals surface area (Å²) in [6.07, 6.45) is 6.57. The Morgan fingerprint density at radius 3 is 2.04 bits per heavy atom. The zero-order valence-corrected chi connectivity index (χ0v) is 16.2. The van der Waals surface area contributed by atoms with Gasteiger partial charge in [0, 0.05) is 16.0 Å². The van der Waals surface area contributed by atoms with Crippen molar-refractivity contribution in [2.24, 2.45) is 5.92 Å². The summed E-state index contributed by atoms with van der Waals surface area (Å²) in [5, 5.41) is 0. The fourth-order valence-corrected chi connectivity index (χ4v) is 5.80. The van der Waals surface area contributed by atoms with Crippen LogP contribution in [0.4, 0.5) is 0 Å². The van der Waals surface area contributed by atoms with Crippen molar-refractivity contribution in [2.75, 3.05) is 0 Å². The van der Waals surface area contributed by atoms with Crippen LogP contribution in [-0.2, 0) is 5.41 Å². The smallest absolute Gasteiger partial charge is 0.138 e. The van der Waals surface area contributed by atoms with Crippen LogP contribution >= 0.6 is 15.9 Å². The average Bonchev–Trinajstić information content (AvgIpc) is 3.01. The summed E-state index contributed by atoms with van der Waals surface area (Å²) in [6.45, 7) is 0. The van der Waals surface area contributed by atoms with Gasteiger partial charge in [0.2, 0.25) is 0 Å². The van der Waals surface area contributed by atoms with E-state index in [0.717, 1.165) is 10.2 Å². The number of rotatable bonds is 0. The molecule has 1 nitrogen and oxygen atoms in total. The first kappa shape index (κ1) is 15.5. The molecule has 2 atom stereocenters. The number of hydrogen-bond donors (Lipinski definition) is 0. The van der Waals surface area contributed by atoms with Gasteiger partial charge < -0.3 is 4.74 Å². The van der Waals surface area contributed by atoms with Crippen LogP contribution in [0.2, 0.25) is 0 Å². The van der Waals surface area contributed by atoms with Crippen molar-refractivity contribution in [1.29, 1.82) is 0 Å². The van der Waals surface area contributed by atoms with Crippen LogP contribution in [-0.4, -0.2) is 6.10 Å². The Bertz CT molecular complexity index is 1090. The van der Waals surface area contributed by atoms with Crippen molar-refractivity contribution < 1.29 is 4.74 Å². The highest BCUT2D eigenvalue weighted by Crippen LogP contribution is 2.62. The summed E-state index contributed by atoms with van der Waals surface area (Å²) in [7, 11) is 0. The molecule has 1 spiro atoms. The molecule has 130 valence electrons. The lowest BCUT2D eigenvalue weighted by molar-refractivity contribution is 0.139. The largest absolute Gasteiger partial charge is 0.484 e. The molecule has 0 amide bonds. The molecular formula is C25H17BrO. The molecule has 6 rings (SSSR count). The summed E-state index contributed by atoms with van der Waals surface area (Å²) in [6, 6.07) is 26.3. The molecule has 0 N–H and O–H groups in total. The van der Waals surface area contributed by atoms with Crippen LogP contribution in [0.15, 0.2) is 95.5 Å². The van der Waals surface area contributed by atoms with Crippen LogP contribution in [0.5, 0.6) is 5.75 Å². The minimum absolute atomic E-state index is 0.0240. The third-order valence-electron chi connectivity index (χ3n) is 6.23. The van der Waals surface area contributed by atoms with E-state index in [0.29, 0.717) is 0 Å². The molecule has 0 radical (unpaired) electrons. The molecule has 1 aliphatic heterocycles. The molecule has 0 fully saturated rings. The highest BCUT2D eigenvalue weighted by atomic mass is 79.9. The maximum Gasteiger partial charge on any atom is 0.138 e. The molecule has 3 aromatic carbocycles. The summed E-state index contributed by atoms with van der Waals surface area (Å²) >= 11 is 3.78. The van der Waals surface area contributed by atoms with Crippen molar-refractivity contribution >= 4 is 15.9 Å². The summed E-state index contributed by atoms with van der Waals surface area (Å²) in [4.78, 5) is 0. The van der Waals surface area contributed by atoms with Gasteiger partial charge in [-0.1, -0.05) is 94.8 Å². The highest BCUT2D eigenvalue weighted by molar-refractivity contribution is 9.11. The van der Waals surface area contributed by atoms with Crippen molar-refractivity contribution in [3.8, 4) is 16.9 Å². The van der Waals surface area contributed by atoms with Gasteiger partial charge in [-0.05, 0) is 34.4 Å². The van der Waals surface area contributed by atoms with Crippen molar-refractivity contribution in [3.05, 3.63) is 112 Å². The van der Waals surface area contributed by atoms with E-state index in [-0.39, 0.29) is 17.4 Å².